The molecule has 0 radical (unpaired) electrons. The molecule has 3 N–H and O–H groups in total. The van der Waals surface area contributed by atoms with Gasteiger partial charge < -0.3 is 0 Å². The van der Waals surface area contributed by atoms with Crippen LogP contribution in [0.2, 0.25) is 0 Å². The average Bonchev–Trinajstić information content (AvgIpc) is 3.07. The summed E-state index contributed by atoms with van der Waals surface area (Å²) in [4.78, 5) is 14.3. The van der Waals surface area contributed by atoms with Crippen LogP contribution in [0.15, 0.2) is 48.5 Å². The average molecular weight is 277 g/mol. The van der Waals surface area contributed by atoms with Gasteiger partial charge in [-0.1, -0.05) is 29.2 Å². The van der Waals surface area contributed by atoms with Crippen LogP contribution in [-0.4, -0.2) is 21.2 Å². The third kappa shape index (κ3) is 1.99. The van der Waals surface area contributed by atoms with Crippen LogP contribution in [0.4, 0.5) is 5.95 Å². The van der Waals surface area contributed by atoms with Gasteiger partial charge in [0, 0.05) is 0 Å². The summed E-state index contributed by atoms with van der Waals surface area (Å²) >= 11 is 0. The van der Waals surface area contributed by atoms with E-state index in [1.54, 1.807) is 0 Å². The van der Waals surface area contributed by atoms with Crippen molar-refractivity contribution in [3.05, 3.63) is 54.4 Å². The highest BCUT2D eigenvalue weighted by Gasteiger charge is 2.14. The number of hydrogen-bond acceptors (Lipinski definition) is 1. The molecule has 0 unspecified atom stereocenters. The highest BCUT2D eigenvalue weighted by Crippen LogP contribution is 2.10. The number of nitrogens with zero attached hydrogens (tertiary/aromatic N) is 2. The summed E-state index contributed by atoms with van der Waals surface area (Å²) in [7, 11) is 2.03. The summed E-state index contributed by atoms with van der Waals surface area (Å²) in [6.07, 6.45) is 1.91. The van der Waals surface area contributed by atoms with Gasteiger partial charge in [-0.2, -0.15) is 0 Å². The van der Waals surface area contributed by atoms with E-state index in [-0.39, 0.29) is 0 Å². The number of aromatic nitrogens is 4. The summed E-state index contributed by atoms with van der Waals surface area (Å²) in [5, 5.41) is 0. The molecular weight excluding hydrogens is 262 g/mol. The number of benzene rings is 2. The SMILES string of the molecule is C[n+]1c(C=[NH+]c2nc3ccccc3[nH]2)[nH]c2ccccc21. The van der Waals surface area contributed by atoms with Crippen molar-refractivity contribution in [2.45, 2.75) is 0 Å². The Balaban J connectivity index is 1.74. The fourth-order valence-electron chi connectivity index (χ4n) is 2.51. The molecular formula is C16H15N5+2. The zero-order valence-corrected chi connectivity index (χ0v) is 11.6. The zero-order valence-electron chi connectivity index (χ0n) is 11.6. The molecule has 0 aliphatic heterocycles. The minimum absolute atomic E-state index is 0.731. The number of imidazole rings is 2. The van der Waals surface area contributed by atoms with Crippen LogP contribution in [0.1, 0.15) is 5.82 Å². The predicted octanol–water partition coefficient (Wildman–Crippen LogP) is 0.700. The molecule has 0 aliphatic carbocycles. The smallest absolute Gasteiger partial charge is 0.241 e. The standard InChI is InChI=1S/C16H13N5/c1-21-14-9-5-4-8-13(14)18-15(21)10-17-16-19-11-6-2-3-7-12(11)20-16/h2-10H,1H3,(H,18,19,20)/p+2. The van der Waals surface area contributed by atoms with Crippen LogP contribution in [-0.2, 0) is 7.05 Å². The minimum atomic E-state index is 0.731. The lowest BCUT2D eigenvalue weighted by atomic mass is 10.3. The van der Waals surface area contributed by atoms with E-state index < -0.39 is 0 Å². The van der Waals surface area contributed by atoms with Crippen LogP contribution >= 0.6 is 0 Å². The van der Waals surface area contributed by atoms with E-state index in [9.17, 15) is 0 Å². The first kappa shape index (κ1) is 11.8. The molecule has 2 heterocycles. The van der Waals surface area contributed by atoms with Gasteiger partial charge in [0.1, 0.15) is 5.52 Å². The highest BCUT2D eigenvalue weighted by molar-refractivity contribution is 5.78. The number of aromatic amines is 2. The van der Waals surface area contributed by atoms with Crippen molar-refractivity contribution in [2.24, 2.45) is 7.05 Å². The molecule has 0 aliphatic rings. The monoisotopic (exact) mass is 277 g/mol. The maximum absolute atomic E-state index is 4.49. The molecule has 2 aromatic heterocycles. The van der Waals surface area contributed by atoms with E-state index in [1.807, 2.05) is 49.7 Å². The van der Waals surface area contributed by atoms with E-state index in [2.05, 4.69) is 36.6 Å². The van der Waals surface area contributed by atoms with Crippen LogP contribution < -0.4 is 9.56 Å². The van der Waals surface area contributed by atoms with Crippen LogP contribution in [0.3, 0.4) is 0 Å². The van der Waals surface area contributed by atoms with E-state index in [1.165, 1.54) is 0 Å². The Labute approximate surface area is 121 Å². The molecule has 21 heavy (non-hydrogen) atoms. The zero-order chi connectivity index (χ0) is 14.2. The van der Waals surface area contributed by atoms with Gasteiger partial charge in [-0.05, 0) is 24.3 Å². The van der Waals surface area contributed by atoms with Crippen LogP contribution in [0.25, 0.3) is 22.1 Å². The van der Waals surface area contributed by atoms with Crippen LogP contribution in [0.5, 0.6) is 0 Å². The van der Waals surface area contributed by atoms with Gasteiger partial charge in [0.05, 0.1) is 7.05 Å². The number of hydrogen-bond donors (Lipinski definition) is 3. The van der Waals surface area contributed by atoms with E-state index in [4.69, 9.17) is 0 Å². The highest BCUT2D eigenvalue weighted by atomic mass is 15.1. The first-order valence-corrected chi connectivity index (χ1v) is 6.82. The van der Waals surface area contributed by atoms with Crippen molar-refractivity contribution in [2.75, 3.05) is 0 Å². The maximum atomic E-state index is 4.49. The molecule has 2 aromatic carbocycles. The molecule has 0 bridgehead atoms. The molecule has 0 saturated carbocycles. The molecule has 102 valence electrons. The van der Waals surface area contributed by atoms with Gasteiger partial charge in [-0.3, -0.25) is 0 Å². The lowest BCUT2D eigenvalue weighted by molar-refractivity contribution is -0.647. The summed E-state index contributed by atoms with van der Waals surface area (Å²) in [5.74, 6) is 1.71. The topological polar surface area (TPSA) is 62.3 Å². The number of fused-ring (bicyclic) bond motifs is 2. The Morgan fingerprint density at radius 3 is 2.57 bits per heavy atom. The predicted molar refractivity (Wildman–Crippen MR) is 81.4 cm³/mol. The summed E-state index contributed by atoms with van der Waals surface area (Å²) in [5.41, 5.74) is 4.25. The second kappa shape index (κ2) is 4.56. The lowest BCUT2D eigenvalue weighted by Crippen LogP contribution is -2.64. The summed E-state index contributed by atoms with van der Waals surface area (Å²) in [6, 6.07) is 16.2. The van der Waals surface area contributed by atoms with Crippen LogP contribution in [0, 0.1) is 0 Å². The van der Waals surface area contributed by atoms with Gasteiger partial charge in [0.15, 0.2) is 22.8 Å². The summed E-state index contributed by atoms with van der Waals surface area (Å²) < 4.78 is 2.10. The maximum Gasteiger partial charge on any atom is 0.395 e. The fourth-order valence-corrected chi connectivity index (χ4v) is 2.51. The second-order valence-corrected chi connectivity index (χ2v) is 4.98. The molecule has 4 aromatic rings. The first-order chi connectivity index (χ1) is 10.3. The molecule has 0 atom stereocenters. The van der Waals surface area contributed by atoms with Gasteiger partial charge in [-0.15, -0.1) is 0 Å². The van der Waals surface area contributed by atoms with Gasteiger partial charge >= 0.3 is 11.8 Å². The number of para-hydroxylation sites is 4. The summed E-state index contributed by atoms with van der Waals surface area (Å²) in [6.45, 7) is 0. The molecule has 5 nitrogen and oxygen atoms in total. The number of nitrogens with one attached hydrogen (secondary N) is 3. The van der Waals surface area contributed by atoms with Crippen molar-refractivity contribution in [1.82, 2.24) is 15.0 Å². The van der Waals surface area contributed by atoms with Gasteiger partial charge in [0.2, 0.25) is 0 Å². The normalized spacial score (nSPS) is 11.9. The Kier molecular flexibility index (Phi) is 2.57. The third-order valence-corrected chi connectivity index (χ3v) is 3.62. The number of rotatable bonds is 2. The Hall–Kier alpha value is -2.95. The largest absolute Gasteiger partial charge is 0.395 e. The lowest BCUT2D eigenvalue weighted by Gasteiger charge is -1.86. The molecule has 0 fully saturated rings. The van der Waals surface area contributed by atoms with E-state index >= 15 is 0 Å². The minimum Gasteiger partial charge on any atom is -0.241 e. The molecule has 4 rings (SSSR count). The third-order valence-electron chi connectivity index (χ3n) is 3.62. The van der Waals surface area contributed by atoms with Gasteiger partial charge in [0.25, 0.3) is 0 Å². The van der Waals surface area contributed by atoms with Crippen molar-refractivity contribution < 1.29 is 9.56 Å². The Morgan fingerprint density at radius 1 is 1.00 bits per heavy atom. The second-order valence-electron chi connectivity index (χ2n) is 4.98. The van der Waals surface area contributed by atoms with E-state index in [0.29, 0.717) is 0 Å². The Bertz CT molecular complexity index is 928. The number of H-pyrrole nitrogens is 2. The van der Waals surface area contributed by atoms with Gasteiger partial charge in [-0.25, -0.2) is 19.5 Å². The van der Waals surface area contributed by atoms with Crippen molar-refractivity contribution in [1.29, 1.82) is 0 Å². The van der Waals surface area contributed by atoms with E-state index in [0.717, 1.165) is 33.8 Å². The van der Waals surface area contributed by atoms with Crippen molar-refractivity contribution in [3.63, 3.8) is 0 Å². The number of aryl methyl sites for hydroxylation is 1. The van der Waals surface area contributed by atoms with Crippen molar-refractivity contribution in [3.8, 4) is 0 Å². The molecule has 0 amide bonds. The Morgan fingerprint density at radius 2 is 1.76 bits per heavy atom. The van der Waals surface area contributed by atoms with Crippen molar-refractivity contribution >= 4 is 34.2 Å². The molecule has 0 saturated heterocycles. The molecule has 5 heteroatoms. The quantitative estimate of drug-likeness (QED) is 0.366. The fraction of sp³-hybridized carbons (Fsp3) is 0.0625. The first-order valence-electron chi connectivity index (χ1n) is 6.82. The molecule has 0 spiro atoms.